The van der Waals surface area contributed by atoms with Crippen molar-refractivity contribution in [3.8, 4) is 5.75 Å². The second-order valence-electron chi connectivity index (χ2n) is 5.18. The Morgan fingerprint density at radius 3 is 2.48 bits per heavy atom. The van der Waals surface area contributed by atoms with Gasteiger partial charge in [-0.1, -0.05) is 0 Å². The number of H-pyrrole nitrogens is 1. The zero-order valence-electron chi connectivity index (χ0n) is 13.8. The lowest BCUT2D eigenvalue weighted by Crippen LogP contribution is -2.26. The highest BCUT2D eigenvalue weighted by Gasteiger charge is 2.18. The molecule has 0 aliphatic rings. The summed E-state index contributed by atoms with van der Waals surface area (Å²) in [7, 11) is 1.48. The number of phenols is 1. The zero-order chi connectivity index (χ0) is 18.4. The number of esters is 1. The van der Waals surface area contributed by atoms with E-state index in [1.165, 1.54) is 44.4 Å². The fourth-order valence-electron chi connectivity index (χ4n) is 2.04. The minimum Gasteiger partial charge on any atom is -0.508 e. The molecule has 0 aliphatic heterocycles. The van der Waals surface area contributed by atoms with Gasteiger partial charge in [-0.25, -0.2) is 4.79 Å². The number of ether oxygens (including phenoxy) is 2. The Bertz CT molecular complexity index is 826. The van der Waals surface area contributed by atoms with Crippen LogP contribution in [0.5, 0.6) is 5.75 Å². The number of carbonyl (C=O) groups is 2. The second-order valence-corrected chi connectivity index (χ2v) is 5.18. The van der Waals surface area contributed by atoms with E-state index < -0.39 is 17.4 Å². The third-order valence-corrected chi connectivity index (χ3v) is 3.35. The third kappa shape index (κ3) is 4.67. The predicted octanol–water partition coefficient (Wildman–Crippen LogP) is 1.44. The molecule has 0 radical (unpaired) electrons. The fraction of sp³-hybridized carbons (Fsp3) is 0.235. The molecule has 3 N–H and O–H groups in total. The van der Waals surface area contributed by atoms with Crippen molar-refractivity contribution in [2.75, 3.05) is 25.6 Å². The first-order valence-corrected chi connectivity index (χ1v) is 7.42. The molecule has 25 heavy (non-hydrogen) atoms. The van der Waals surface area contributed by atoms with Gasteiger partial charge in [0.1, 0.15) is 17.9 Å². The maximum Gasteiger partial charge on any atom is 0.340 e. The van der Waals surface area contributed by atoms with E-state index in [0.29, 0.717) is 11.4 Å². The molecule has 0 bridgehead atoms. The molecule has 0 saturated heterocycles. The Morgan fingerprint density at radius 1 is 1.16 bits per heavy atom. The molecular formula is C17H18N2O6. The van der Waals surface area contributed by atoms with Crippen molar-refractivity contribution in [3.05, 3.63) is 57.5 Å². The Balaban J connectivity index is 2.23. The van der Waals surface area contributed by atoms with Crippen LogP contribution in [-0.2, 0) is 9.47 Å². The molecule has 0 fully saturated rings. The first-order chi connectivity index (χ1) is 11.9. The lowest BCUT2D eigenvalue weighted by molar-refractivity contribution is 0.0386. The molecule has 0 spiro atoms. The summed E-state index contributed by atoms with van der Waals surface area (Å²) in [6, 6.07) is 6.95. The maximum absolute atomic E-state index is 12.3. The minimum atomic E-state index is -0.683. The third-order valence-electron chi connectivity index (χ3n) is 3.35. The molecule has 1 amide bonds. The fourth-order valence-corrected chi connectivity index (χ4v) is 2.04. The Kier molecular flexibility index (Phi) is 5.91. The van der Waals surface area contributed by atoms with Crippen LogP contribution in [-0.4, -0.2) is 42.3 Å². The van der Waals surface area contributed by atoms with Crippen LogP contribution in [0.1, 0.15) is 26.4 Å². The largest absolute Gasteiger partial charge is 0.508 e. The van der Waals surface area contributed by atoms with Crippen molar-refractivity contribution in [1.82, 2.24) is 4.98 Å². The number of carbonyl (C=O) groups excluding carboxylic acids is 2. The lowest BCUT2D eigenvalue weighted by atomic mass is 10.1. The molecule has 8 nitrogen and oxygen atoms in total. The predicted molar refractivity (Wildman–Crippen MR) is 90.0 cm³/mol. The van der Waals surface area contributed by atoms with Crippen molar-refractivity contribution in [2.45, 2.75) is 6.92 Å². The number of amides is 1. The molecule has 0 aliphatic carbocycles. The van der Waals surface area contributed by atoms with Crippen molar-refractivity contribution in [2.24, 2.45) is 0 Å². The number of methoxy groups -OCH3 is 1. The number of aryl methyl sites for hydroxylation is 1. The monoisotopic (exact) mass is 346 g/mol. The highest BCUT2D eigenvalue weighted by Crippen LogP contribution is 2.15. The van der Waals surface area contributed by atoms with Crippen LogP contribution in [0.15, 0.2) is 35.1 Å². The van der Waals surface area contributed by atoms with E-state index in [-0.39, 0.29) is 30.1 Å². The Morgan fingerprint density at radius 2 is 1.84 bits per heavy atom. The molecule has 1 aromatic heterocycles. The van der Waals surface area contributed by atoms with Crippen molar-refractivity contribution >= 4 is 17.6 Å². The van der Waals surface area contributed by atoms with Crippen LogP contribution in [0.25, 0.3) is 0 Å². The number of aromatic amines is 1. The smallest absolute Gasteiger partial charge is 0.340 e. The summed E-state index contributed by atoms with van der Waals surface area (Å²) < 4.78 is 9.81. The van der Waals surface area contributed by atoms with Gasteiger partial charge in [0.15, 0.2) is 0 Å². The topological polar surface area (TPSA) is 118 Å². The number of pyridine rings is 1. The summed E-state index contributed by atoms with van der Waals surface area (Å²) in [4.78, 5) is 38.9. The molecule has 2 aromatic rings. The van der Waals surface area contributed by atoms with E-state index in [1.807, 2.05) is 0 Å². The van der Waals surface area contributed by atoms with Crippen molar-refractivity contribution in [1.29, 1.82) is 0 Å². The number of anilines is 1. The van der Waals surface area contributed by atoms with Crippen LogP contribution in [0.4, 0.5) is 5.69 Å². The number of hydrogen-bond acceptors (Lipinski definition) is 6. The van der Waals surface area contributed by atoms with Crippen LogP contribution >= 0.6 is 0 Å². The molecule has 2 rings (SSSR count). The number of aromatic nitrogens is 1. The highest BCUT2D eigenvalue weighted by molar-refractivity contribution is 6.05. The van der Waals surface area contributed by atoms with Gasteiger partial charge >= 0.3 is 5.97 Å². The highest BCUT2D eigenvalue weighted by atomic mass is 16.6. The second kappa shape index (κ2) is 8.11. The number of rotatable bonds is 6. The van der Waals surface area contributed by atoms with Crippen molar-refractivity contribution < 1.29 is 24.2 Å². The number of hydrogen-bond donors (Lipinski definition) is 3. The van der Waals surface area contributed by atoms with Gasteiger partial charge in [0.2, 0.25) is 0 Å². The van der Waals surface area contributed by atoms with E-state index in [2.05, 4.69) is 10.3 Å². The van der Waals surface area contributed by atoms with E-state index in [9.17, 15) is 19.5 Å². The summed E-state index contributed by atoms with van der Waals surface area (Å²) in [5, 5.41) is 11.8. The van der Waals surface area contributed by atoms with Crippen molar-refractivity contribution in [3.63, 3.8) is 0 Å². The number of aromatic hydroxyl groups is 1. The van der Waals surface area contributed by atoms with E-state index in [4.69, 9.17) is 9.47 Å². The van der Waals surface area contributed by atoms with Gasteiger partial charge in [-0.2, -0.15) is 0 Å². The Hall–Kier alpha value is -3.13. The van der Waals surface area contributed by atoms with Crippen LogP contribution in [0, 0.1) is 6.92 Å². The van der Waals surface area contributed by atoms with Gasteiger partial charge in [0.25, 0.3) is 11.5 Å². The normalized spacial score (nSPS) is 10.3. The molecular weight excluding hydrogens is 328 g/mol. The molecule has 8 heteroatoms. The molecule has 0 unspecified atom stereocenters. The molecule has 1 aromatic carbocycles. The van der Waals surface area contributed by atoms with Gasteiger partial charge < -0.3 is 24.9 Å². The summed E-state index contributed by atoms with van der Waals surface area (Å²) in [5.41, 5.74) is -0.0632. The standard InChI is InChI=1S/C17H18N2O6/c1-10-13(17(23)25-8-7-24-2)9-14(15(21)18-10)16(22)19-11-3-5-12(20)6-4-11/h3-6,9,20H,7-8H2,1-2H3,(H,18,21)(H,19,22). The zero-order valence-corrected chi connectivity index (χ0v) is 13.8. The van der Waals surface area contributed by atoms with Gasteiger partial charge in [0.05, 0.1) is 12.2 Å². The maximum atomic E-state index is 12.3. The number of benzene rings is 1. The SMILES string of the molecule is COCCOC(=O)c1cc(C(=O)Nc2ccc(O)cc2)c(=O)[nH]c1C. The molecule has 132 valence electrons. The van der Waals surface area contributed by atoms with Gasteiger partial charge in [0, 0.05) is 18.5 Å². The molecule has 0 saturated carbocycles. The average Bonchev–Trinajstić information content (AvgIpc) is 2.57. The number of phenolic OH excluding ortho intramolecular Hbond substituents is 1. The Labute approximate surface area is 143 Å². The summed E-state index contributed by atoms with van der Waals surface area (Å²) in [6.45, 7) is 1.83. The number of nitrogens with one attached hydrogen (secondary N) is 2. The van der Waals surface area contributed by atoms with E-state index in [0.717, 1.165) is 0 Å². The van der Waals surface area contributed by atoms with E-state index in [1.54, 1.807) is 0 Å². The summed E-state index contributed by atoms with van der Waals surface area (Å²) >= 11 is 0. The molecule has 0 atom stereocenters. The van der Waals surface area contributed by atoms with Gasteiger partial charge in [-0.05, 0) is 37.3 Å². The molecule has 1 heterocycles. The first-order valence-electron chi connectivity index (χ1n) is 7.42. The summed E-state index contributed by atoms with van der Waals surface area (Å²) in [6.07, 6.45) is 0. The van der Waals surface area contributed by atoms with Crippen LogP contribution < -0.4 is 10.9 Å². The average molecular weight is 346 g/mol. The first kappa shape index (κ1) is 18.2. The quantitative estimate of drug-likeness (QED) is 0.414. The lowest BCUT2D eigenvalue weighted by Gasteiger charge is -2.09. The van der Waals surface area contributed by atoms with E-state index >= 15 is 0 Å². The van der Waals surface area contributed by atoms with Crippen LogP contribution in [0.3, 0.4) is 0 Å². The van der Waals surface area contributed by atoms with Crippen LogP contribution in [0.2, 0.25) is 0 Å². The van der Waals surface area contributed by atoms with Gasteiger partial charge in [-0.15, -0.1) is 0 Å². The summed E-state index contributed by atoms with van der Waals surface area (Å²) in [5.74, 6) is -1.30. The van der Waals surface area contributed by atoms with Gasteiger partial charge in [-0.3, -0.25) is 9.59 Å². The minimum absolute atomic E-state index is 0.0484.